The fraction of sp³-hybridized carbons (Fsp3) is 0.778. The van der Waals surface area contributed by atoms with Crippen LogP contribution in [0, 0.1) is 0 Å². The molecule has 1 aliphatic rings. The maximum absolute atomic E-state index is 12.3. The van der Waals surface area contributed by atoms with Crippen LogP contribution in [0.2, 0.25) is 0 Å². The number of likely N-dealkylation sites (N-methyl/N-ethyl adjacent to an activating group) is 1. The van der Waals surface area contributed by atoms with E-state index < -0.39 is 12.4 Å². The summed E-state index contributed by atoms with van der Waals surface area (Å²) < 4.78 is 42.2. The third kappa shape index (κ3) is 4.80. The first-order valence-electron chi connectivity index (χ1n) is 5.02. The van der Waals surface area contributed by atoms with Gasteiger partial charge in [0, 0.05) is 12.6 Å². The number of nitrogens with zero attached hydrogens (tertiary/aromatic N) is 1. The third-order valence-corrected chi connectivity index (χ3v) is 2.82. The van der Waals surface area contributed by atoms with Crippen LogP contribution >= 0.6 is 0 Å². The molecule has 0 aromatic rings. The molecule has 0 N–H and O–H groups in total. The average Bonchev–Trinajstić information content (AvgIpc) is 2.49. The maximum Gasteiger partial charge on any atom is 1.00 e. The molecule has 0 aromatic heterocycles. The van der Waals surface area contributed by atoms with Crippen molar-refractivity contribution in [1.82, 2.24) is 4.90 Å². The summed E-state index contributed by atoms with van der Waals surface area (Å²) in [5.41, 5.74) is -0.642. The van der Waals surface area contributed by atoms with Gasteiger partial charge in [0.15, 0.2) is 0 Å². The molecule has 1 saturated heterocycles. The summed E-state index contributed by atoms with van der Waals surface area (Å²) in [6.07, 6.45) is 0.791. The Labute approximate surface area is 137 Å². The molecule has 0 spiro atoms. The van der Waals surface area contributed by atoms with Gasteiger partial charge in [-0.3, -0.25) is 4.90 Å². The Kier molecular flexibility index (Phi) is 7.42. The summed E-state index contributed by atoms with van der Waals surface area (Å²) in [6, 6.07) is 0.0694. The predicted molar refractivity (Wildman–Crippen MR) is 54.7 cm³/mol. The summed E-state index contributed by atoms with van der Waals surface area (Å²) in [7, 11) is 1.68. The topological polar surface area (TPSA) is 12.5 Å². The Morgan fingerprint density at radius 3 is 2.44 bits per heavy atom. The van der Waals surface area contributed by atoms with E-state index in [4.69, 9.17) is 4.74 Å². The summed E-state index contributed by atoms with van der Waals surface area (Å²) in [6.45, 7) is 0.554. The minimum atomic E-state index is -4.92. The van der Waals surface area contributed by atoms with Crippen molar-refractivity contribution in [2.75, 3.05) is 20.2 Å². The van der Waals surface area contributed by atoms with Crippen molar-refractivity contribution in [3.8, 4) is 0 Å². The van der Waals surface area contributed by atoms with Crippen LogP contribution in [0.15, 0.2) is 12.1 Å². The van der Waals surface area contributed by atoms with Crippen LogP contribution in [-0.4, -0.2) is 44.2 Å². The number of hydrogen-bond acceptors (Lipinski definition) is 2. The van der Waals surface area contributed by atoms with Crippen LogP contribution in [0.1, 0.15) is 13.3 Å². The van der Waals surface area contributed by atoms with E-state index in [0.717, 1.165) is 6.42 Å². The van der Waals surface area contributed by atoms with Gasteiger partial charge in [-0.2, -0.15) is 0 Å². The van der Waals surface area contributed by atoms with Crippen LogP contribution in [0.5, 0.6) is 0 Å². The molecular formula is C9H16BF3KNO. The molecule has 1 fully saturated rings. The zero-order valence-electron chi connectivity index (χ0n) is 10.0. The largest absolute Gasteiger partial charge is 1.00 e. The van der Waals surface area contributed by atoms with Crippen molar-refractivity contribution in [2.24, 2.45) is 0 Å². The fourth-order valence-electron chi connectivity index (χ4n) is 1.84. The molecule has 88 valence electrons. The molecule has 1 rings (SSSR count). The van der Waals surface area contributed by atoms with E-state index in [-0.39, 0.29) is 70.1 Å². The zero-order chi connectivity index (χ0) is 11.6. The van der Waals surface area contributed by atoms with Crippen molar-refractivity contribution in [3.63, 3.8) is 0 Å². The van der Waals surface area contributed by atoms with E-state index in [2.05, 4.69) is 6.58 Å². The molecule has 0 aromatic carbocycles. The molecule has 2 atom stereocenters. The molecule has 7 heteroatoms. The van der Waals surface area contributed by atoms with Crippen LogP contribution in [0.3, 0.4) is 0 Å². The minimum absolute atomic E-state index is 0. The molecule has 0 amide bonds. The van der Waals surface area contributed by atoms with E-state index in [1.54, 1.807) is 11.9 Å². The van der Waals surface area contributed by atoms with E-state index in [0.29, 0.717) is 6.61 Å². The molecule has 0 saturated carbocycles. The van der Waals surface area contributed by atoms with Gasteiger partial charge in [-0.05, 0) is 26.9 Å². The van der Waals surface area contributed by atoms with E-state index in [1.807, 2.05) is 6.92 Å². The SMILES string of the molecule is C=C(CN(C)C1CCOC1C)[B-](F)(F)F.[K+]. The first-order valence-corrected chi connectivity index (χ1v) is 5.02. The van der Waals surface area contributed by atoms with Crippen LogP contribution < -0.4 is 51.4 Å². The van der Waals surface area contributed by atoms with Crippen LogP contribution in [0.4, 0.5) is 12.9 Å². The molecule has 1 heterocycles. The van der Waals surface area contributed by atoms with E-state index in [9.17, 15) is 12.9 Å². The summed E-state index contributed by atoms with van der Waals surface area (Å²) in [5.74, 6) is 0. The molecule has 0 bridgehead atoms. The van der Waals surface area contributed by atoms with Crippen molar-refractivity contribution >= 4 is 6.98 Å². The van der Waals surface area contributed by atoms with Gasteiger partial charge in [-0.15, -0.1) is 12.1 Å². The fourth-order valence-corrected chi connectivity index (χ4v) is 1.84. The van der Waals surface area contributed by atoms with Gasteiger partial charge in [-0.1, -0.05) is 0 Å². The molecule has 2 nitrogen and oxygen atoms in total. The Balaban J connectivity index is 0.00000225. The summed E-state index contributed by atoms with van der Waals surface area (Å²) in [5, 5.41) is 0. The Hall–Kier alpha value is 1.15. The van der Waals surface area contributed by atoms with Gasteiger partial charge < -0.3 is 17.7 Å². The molecule has 0 aliphatic carbocycles. The van der Waals surface area contributed by atoms with Crippen molar-refractivity contribution in [3.05, 3.63) is 12.1 Å². The third-order valence-electron chi connectivity index (χ3n) is 2.82. The molecule has 1 aliphatic heterocycles. The van der Waals surface area contributed by atoms with Gasteiger partial charge in [-0.25, -0.2) is 0 Å². The second kappa shape index (κ2) is 6.92. The smallest absolute Gasteiger partial charge is 0.445 e. The molecule has 0 radical (unpaired) electrons. The quantitative estimate of drug-likeness (QED) is 0.605. The van der Waals surface area contributed by atoms with Gasteiger partial charge in [0.05, 0.1) is 6.10 Å². The Morgan fingerprint density at radius 2 is 2.06 bits per heavy atom. The molecule has 16 heavy (non-hydrogen) atoms. The average molecular weight is 261 g/mol. The Morgan fingerprint density at radius 1 is 1.50 bits per heavy atom. The normalized spacial score (nSPS) is 25.6. The molecular weight excluding hydrogens is 245 g/mol. The summed E-state index contributed by atoms with van der Waals surface area (Å²) >= 11 is 0. The van der Waals surface area contributed by atoms with Crippen molar-refractivity contribution < 1.29 is 69.1 Å². The van der Waals surface area contributed by atoms with Gasteiger partial charge in [0.2, 0.25) is 0 Å². The number of halogens is 3. The first-order chi connectivity index (χ1) is 6.82. The monoisotopic (exact) mass is 261 g/mol. The number of rotatable bonds is 4. The first kappa shape index (κ1) is 17.2. The standard InChI is InChI=1S/C9H16BF3NO.K/c1-7(10(11,12)13)6-14(3)9-4-5-15-8(9)2;/h8-9H,1,4-6H2,2-3H3;/q-1;+1. The van der Waals surface area contributed by atoms with Gasteiger partial charge >= 0.3 is 58.4 Å². The zero-order valence-corrected chi connectivity index (χ0v) is 13.2. The number of ether oxygens (including phenoxy) is 1. The van der Waals surface area contributed by atoms with Crippen LogP contribution in [-0.2, 0) is 4.74 Å². The van der Waals surface area contributed by atoms with Crippen molar-refractivity contribution in [1.29, 1.82) is 0 Å². The predicted octanol–water partition coefficient (Wildman–Crippen LogP) is -0.958. The summed E-state index contributed by atoms with van der Waals surface area (Å²) in [4.78, 5) is 1.68. The maximum atomic E-state index is 12.3. The van der Waals surface area contributed by atoms with Crippen molar-refractivity contribution in [2.45, 2.75) is 25.5 Å². The Bertz CT molecular complexity index is 249. The second-order valence-corrected chi connectivity index (χ2v) is 4.08. The minimum Gasteiger partial charge on any atom is -0.445 e. The van der Waals surface area contributed by atoms with Gasteiger partial charge in [0.25, 0.3) is 0 Å². The van der Waals surface area contributed by atoms with E-state index in [1.165, 1.54) is 0 Å². The number of hydrogen-bond donors (Lipinski definition) is 0. The van der Waals surface area contributed by atoms with E-state index >= 15 is 0 Å². The van der Waals surface area contributed by atoms with Gasteiger partial charge in [0.1, 0.15) is 0 Å². The van der Waals surface area contributed by atoms with Crippen LogP contribution in [0.25, 0.3) is 0 Å². The molecule has 2 unspecified atom stereocenters. The second-order valence-electron chi connectivity index (χ2n) is 4.08.